The van der Waals surface area contributed by atoms with Gasteiger partial charge in [0.1, 0.15) is 23.8 Å². The van der Waals surface area contributed by atoms with E-state index in [1.165, 1.54) is 43.0 Å². The summed E-state index contributed by atoms with van der Waals surface area (Å²) in [6, 6.07) is 19.5. The molecule has 10 rings (SSSR count). The number of nitro groups is 1. The number of aromatic amines is 1. The highest BCUT2D eigenvalue weighted by Crippen LogP contribution is 2.54. The molecule has 16 heteroatoms. The number of aromatic nitrogens is 3. The predicted octanol–water partition coefficient (Wildman–Crippen LogP) is 9.88. The van der Waals surface area contributed by atoms with Crippen LogP contribution in [0.15, 0.2) is 78.1 Å². The first-order valence-electron chi connectivity index (χ1n) is 23.6. The number of hydrogen-bond acceptors (Lipinski definition) is 12. The van der Waals surface area contributed by atoms with Crippen LogP contribution in [-0.2, 0) is 10.0 Å². The molecular weight excluding hydrogens is 857 g/mol. The zero-order valence-electron chi connectivity index (χ0n) is 38.2. The Labute approximate surface area is 386 Å². The number of benzene rings is 2. The van der Waals surface area contributed by atoms with Crippen molar-refractivity contribution in [2.24, 2.45) is 16.7 Å². The lowest BCUT2D eigenvalue weighted by Crippen LogP contribution is -2.54. The first-order chi connectivity index (χ1) is 31.6. The monoisotopic (exact) mass is 916 g/mol. The fourth-order valence-electron chi connectivity index (χ4n) is 11.5. The number of H-pyrrole nitrogens is 1. The number of likely N-dealkylation sites (tertiary alicyclic amines) is 1. The lowest BCUT2D eigenvalue weighted by atomic mass is 9.59. The smallest absolute Gasteiger partial charge is 0.300 e. The third-order valence-electron chi connectivity index (χ3n) is 15.4. The number of nitrogens with one attached hydrogen (secondary N) is 3. The molecule has 66 heavy (non-hydrogen) atoms. The van der Waals surface area contributed by atoms with Crippen LogP contribution in [0.2, 0.25) is 0 Å². The van der Waals surface area contributed by atoms with Crippen molar-refractivity contribution in [1.82, 2.24) is 24.6 Å². The number of nitrogens with zero attached hydrogens (tertiary/aromatic N) is 5. The summed E-state index contributed by atoms with van der Waals surface area (Å²) in [5.74, 6) is 0.0498. The molecule has 2 saturated carbocycles. The fraction of sp³-hybridized carbons (Fsp3) is 0.500. The van der Waals surface area contributed by atoms with Gasteiger partial charge in [-0.1, -0.05) is 52.0 Å². The maximum atomic E-state index is 14.1. The summed E-state index contributed by atoms with van der Waals surface area (Å²) < 4.78 is 42.3. The Morgan fingerprint density at radius 1 is 1.00 bits per heavy atom. The molecule has 2 atom stereocenters. The molecule has 3 aromatic heterocycles. The Kier molecular flexibility index (Phi) is 11.5. The minimum atomic E-state index is -4.74. The number of amides is 1. The molecular formula is C50H60N8O7S. The van der Waals surface area contributed by atoms with Gasteiger partial charge < -0.3 is 24.7 Å². The Morgan fingerprint density at radius 3 is 2.53 bits per heavy atom. The van der Waals surface area contributed by atoms with Crippen molar-refractivity contribution in [2.75, 3.05) is 36.5 Å². The molecule has 6 heterocycles. The summed E-state index contributed by atoms with van der Waals surface area (Å²) in [7, 11) is -4.74. The van der Waals surface area contributed by atoms with E-state index in [1.54, 1.807) is 24.4 Å². The van der Waals surface area contributed by atoms with Gasteiger partial charge in [0.25, 0.3) is 15.9 Å². The second-order valence-electron chi connectivity index (χ2n) is 20.5. The molecule has 4 fully saturated rings. The van der Waals surface area contributed by atoms with E-state index in [4.69, 9.17) is 9.47 Å². The van der Waals surface area contributed by atoms with Crippen molar-refractivity contribution in [1.29, 1.82) is 0 Å². The standard InChI is InChI=1S/C50H60N8O7S/c1-31(2)37-8-5-6-9-38(37)41-10-7-21-57(41)35-27-50(28-35)18-22-56(23-19-50)34-11-12-39(43(25-34)65-36-24-33-15-20-51-46(33)52-29-36)47(59)55-66(62,63)44-26-42(58(60)61)45-48(54-44)64-30-40(53-45)32-13-16-49(3,4)17-14-32/h5-6,8-9,11-12,15,20,24-26,29,31-32,35,40-41,53H,7,10,13-14,16-19,21-23,27-28,30H2,1-4H3,(H,51,52)(H,55,59)/t40-,41+/m1/s1. The van der Waals surface area contributed by atoms with E-state index in [1.807, 2.05) is 12.1 Å². The second-order valence-corrected chi connectivity index (χ2v) is 22.1. The molecule has 2 aromatic carbocycles. The number of ether oxygens (including phenoxy) is 2. The van der Waals surface area contributed by atoms with Gasteiger partial charge in [-0.05, 0) is 129 Å². The van der Waals surface area contributed by atoms with E-state index in [2.05, 4.69) is 86.8 Å². The summed E-state index contributed by atoms with van der Waals surface area (Å²) in [4.78, 5) is 42.6. The number of carbonyl (C=O) groups is 1. The normalized spacial score (nSPS) is 22.1. The van der Waals surface area contributed by atoms with E-state index in [0.29, 0.717) is 34.8 Å². The zero-order valence-corrected chi connectivity index (χ0v) is 39.0. The van der Waals surface area contributed by atoms with Crippen molar-refractivity contribution in [2.45, 2.75) is 121 Å². The van der Waals surface area contributed by atoms with Gasteiger partial charge >= 0.3 is 5.69 Å². The van der Waals surface area contributed by atoms with Gasteiger partial charge in [-0.3, -0.25) is 19.8 Å². The number of fused-ring (bicyclic) bond motifs is 2. The highest BCUT2D eigenvalue weighted by Gasteiger charge is 2.50. The van der Waals surface area contributed by atoms with Crippen molar-refractivity contribution in [3.05, 3.63) is 99.9 Å². The lowest BCUT2D eigenvalue weighted by Gasteiger charge is -2.56. The van der Waals surface area contributed by atoms with Crippen LogP contribution in [0.1, 0.15) is 125 Å². The van der Waals surface area contributed by atoms with Gasteiger partial charge in [-0.15, -0.1) is 0 Å². The van der Waals surface area contributed by atoms with Crippen LogP contribution in [0, 0.1) is 26.9 Å². The van der Waals surface area contributed by atoms with Crippen LogP contribution in [-0.4, -0.2) is 77.4 Å². The third-order valence-corrected chi connectivity index (χ3v) is 16.6. The van der Waals surface area contributed by atoms with Crippen LogP contribution >= 0.6 is 0 Å². The van der Waals surface area contributed by atoms with E-state index in [0.717, 1.165) is 75.3 Å². The number of hydrogen-bond donors (Lipinski definition) is 3. The number of carbonyl (C=O) groups excluding carboxylic acids is 1. The average Bonchev–Trinajstić information content (AvgIpc) is 3.98. The van der Waals surface area contributed by atoms with Gasteiger partial charge in [0, 0.05) is 48.5 Å². The average molecular weight is 917 g/mol. The first-order valence-corrected chi connectivity index (χ1v) is 25.1. The Bertz CT molecular complexity index is 2770. The highest BCUT2D eigenvalue weighted by atomic mass is 32.2. The molecule has 3 aliphatic heterocycles. The molecule has 1 amide bonds. The van der Waals surface area contributed by atoms with Crippen molar-refractivity contribution in [3.8, 4) is 17.4 Å². The van der Waals surface area contributed by atoms with Crippen molar-refractivity contribution >= 4 is 44.0 Å². The minimum Gasteiger partial charge on any atom is -0.474 e. The Morgan fingerprint density at radius 2 is 1.77 bits per heavy atom. The van der Waals surface area contributed by atoms with Crippen LogP contribution in [0.25, 0.3) is 11.0 Å². The number of anilines is 2. The quantitative estimate of drug-likeness (QED) is 0.0843. The van der Waals surface area contributed by atoms with Crippen molar-refractivity contribution in [3.63, 3.8) is 0 Å². The number of pyridine rings is 2. The second kappa shape index (κ2) is 17.2. The van der Waals surface area contributed by atoms with E-state index in [-0.39, 0.29) is 46.9 Å². The molecule has 0 bridgehead atoms. The Hall–Kier alpha value is -5.74. The summed E-state index contributed by atoms with van der Waals surface area (Å²) >= 11 is 0. The third kappa shape index (κ3) is 8.57. The van der Waals surface area contributed by atoms with Crippen LogP contribution in [0.3, 0.4) is 0 Å². The lowest BCUT2D eigenvalue weighted by molar-refractivity contribution is -0.384. The molecule has 1 spiro atoms. The summed E-state index contributed by atoms with van der Waals surface area (Å²) in [5, 5.41) is 15.7. The van der Waals surface area contributed by atoms with E-state index < -0.39 is 31.6 Å². The van der Waals surface area contributed by atoms with Gasteiger partial charge in [-0.25, -0.2) is 9.71 Å². The van der Waals surface area contributed by atoms with Gasteiger partial charge in [0.2, 0.25) is 5.88 Å². The maximum Gasteiger partial charge on any atom is 0.300 e. The largest absolute Gasteiger partial charge is 0.474 e. The molecule has 15 nitrogen and oxygen atoms in total. The molecule has 3 N–H and O–H groups in total. The number of sulfonamides is 1. The predicted molar refractivity (Wildman–Crippen MR) is 253 cm³/mol. The molecule has 5 aliphatic rings. The number of rotatable bonds is 11. The molecule has 2 aliphatic carbocycles. The number of piperidine rings is 1. The summed E-state index contributed by atoms with van der Waals surface area (Å²) in [5.41, 5.74) is 4.51. The van der Waals surface area contributed by atoms with Gasteiger partial charge in [-0.2, -0.15) is 13.4 Å². The van der Waals surface area contributed by atoms with Gasteiger partial charge in [0.15, 0.2) is 10.7 Å². The summed E-state index contributed by atoms with van der Waals surface area (Å²) in [6.45, 7) is 12.1. The SMILES string of the molecule is CC(C)c1ccccc1[C@@H]1CCCN1C1CC2(CCN(c3ccc(C(=O)NS(=O)(=O)c4cc([N+](=O)[O-])c5c(n4)OC[C@H](C4CCC(C)(C)CC4)N5)c(Oc4cnc5[nH]ccc5c4)c3)CC2)C1. The minimum absolute atomic E-state index is 0.0369. The fourth-order valence-corrected chi connectivity index (χ4v) is 12.4. The first kappa shape index (κ1) is 44.1. The summed E-state index contributed by atoms with van der Waals surface area (Å²) in [6.07, 6.45) is 14.2. The van der Waals surface area contributed by atoms with Crippen molar-refractivity contribution < 1.29 is 27.6 Å². The van der Waals surface area contributed by atoms with Gasteiger partial charge in [0.05, 0.1) is 28.8 Å². The molecule has 2 saturated heterocycles. The molecule has 0 unspecified atom stereocenters. The van der Waals surface area contributed by atoms with Crippen LogP contribution in [0.4, 0.5) is 17.1 Å². The maximum absolute atomic E-state index is 14.1. The van der Waals surface area contributed by atoms with Crippen LogP contribution in [0.5, 0.6) is 17.4 Å². The molecule has 348 valence electrons. The Balaban J connectivity index is 0.855. The topological polar surface area (TPSA) is 185 Å². The zero-order chi connectivity index (χ0) is 46.0. The highest BCUT2D eigenvalue weighted by molar-refractivity contribution is 7.90. The molecule has 5 aromatic rings. The molecule has 0 radical (unpaired) electrons. The van der Waals surface area contributed by atoms with E-state index >= 15 is 0 Å². The van der Waals surface area contributed by atoms with E-state index in [9.17, 15) is 23.3 Å². The van der Waals surface area contributed by atoms with Crippen LogP contribution < -0.4 is 24.4 Å².